The fourth-order valence-electron chi connectivity index (χ4n) is 4.96. The zero-order valence-electron chi connectivity index (χ0n) is 22.1. The first-order chi connectivity index (χ1) is 13.3. The molecule has 1 aliphatic rings. The van der Waals surface area contributed by atoms with Crippen molar-refractivity contribution in [2.45, 2.75) is 111 Å². The van der Waals surface area contributed by atoms with Crippen molar-refractivity contribution >= 4 is 27.2 Å². The molecule has 30 heavy (non-hydrogen) atoms. The largest absolute Gasteiger partial charge is 0.348 e. The van der Waals surface area contributed by atoms with E-state index in [-0.39, 0.29) is 15.8 Å². The number of aryl methyl sites for hydroxylation is 1. The van der Waals surface area contributed by atoms with Crippen LogP contribution in [0.5, 0.6) is 0 Å². The van der Waals surface area contributed by atoms with Gasteiger partial charge in [0.2, 0.25) is 0 Å². The molecule has 1 heterocycles. The number of anilines is 2. The van der Waals surface area contributed by atoms with Crippen LogP contribution in [0.3, 0.4) is 0 Å². The van der Waals surface area contributed by atoms with Crippen LogP contribution >= 0.6 is 15.8 Å². The first kappa shape index (κ1) is 25.9. The lowest BCUT2D eigenvalue weighted by Crippen LogP contribution is -2.38. The van der Waals surface area contributed by atoms with E-state index >= 15 is 0 Å². The van der Waals surface area contributed by atoms with Crippen molar-refractivity contribution in [1.29, 1.82) is 0 Å². The average molecular weight is 451 g/mol. The van der Waals surface area contributed by atoms with E-state index in [1.165, 1.54) is 29.5 Å². The summed E-state index contributed by atoms with van der Waals surface area (Å²) >= 11 is 0. The summed E-state index contributed by atoms with van der Waals surface area (Å²) in [5.41, 5.74) is 4.26. The van der Waals surface area contributed by atoms with Crippen molar-refractivity contribution in [3.8, 4) is 0 Å². The summed E-state index contributed by atoms with van der Waals surface area (Å²) in [7, 11) is -0.334. The molecule has 0 saturated carbocycles. The molecule has 0 amide bonds. The van der Waals surface area contributed by atoms with Crippen molar-refractivity contribution in [3.05, 3.63) is 23.8 Å². The van der Waals surface area contributed by atoms with E-state index in [1.54, 1.807) is 0 Å². The molecule has 0 aromatic heterocycles. The third-order valence-electron chi connectivity index (χ3n) is 6.02. The van der Waals surface area contributed by atoms with Gasteiger partial charge in [-0.05, 0) is 45.2 Å². The minimum atomic E-state index is -0.168. The van der Waals surface area contributed by atoms with Gasteiger partial charge in [-0.15, -0.1) is 0 Å². The van der Waals surface area contributed by atoms with E-state index in [0.29, 0.717) is 20.6 Å². The standard InChI is InChI=1S/C26H48N2P2/c1-20-14-15-21-22(16-20)28(19-30(25(8,9)10)26(11,12)13)17-27(21)18-29(23(2,3)4)24(5,6)7/h14-16H,17-19H2,1-13H3. The van der Waals surface area contributed by atoms with Gasteiger partial charge >= 0.3 is 0 Å². The number of hydrogen-bond donors (Lipinski definition) is 0. The van der Waals surface area contributed by atoms with Crippen molar-refractivity contribution in [2.24, 2.45) is 0 Å². The molecule has 4 heteroatoms. The minimum absolute atomic E-state index is 0.166. The summed E-state index contributed by atoms with van der Waals surface area (Å²) in [5.74, 6) is 0. The first-order valence-electron chi connectivity index (χ1n) is 11.5. The Kier molecular flexibility index (Phi) is 7.40. The molecule has 1 aromatic carbocycles. The predicted molar refractivity (Wildman–Crippen MR) is 144 cm³/mol. The molecular weight excluding hydrogens is 402 g/mol. The summed E-state index contributed by atoms with van der Waals surface area (Å²) < 4.78 is 0. The van der Waals surface area contributed by atoms with Gasteiger partial charge in [0, 0.05) is 12.6 Å². The maximum absolute atomic E-state index is 2.70. The monoisotopic (exact) mass is 450 g/mol. The molecule has 2 rings (SSSR count). The zero-order chi connectivity index (χ0) is 23.3. The van der Waals surface area contributed by atoms with Gasteiger partial charge in [-0.1, -0.05) is 105 Å². The van der Waals surface area contributed by atoms with E-state index in [1.807, 2.05) is 0 Å². The molecule has 0 atom stereocenters. The SMILES string of the molecule is Cc1ccc2c(c1)N(CP(C(C)(C)C)C(C)(C)C)CN2CP(C(C)(C)C)C(C)(C)C. The number of benzene rings is 1. The topological polar surface area (TPSA) is 6.48 Å². The van der Waals surface area contributed by atoms with Gasteiger partial charge in [0.1, 0.15) is 0 Å². The lowest BCUT2D eigenvalue weighted by Gasteiger charge is -2.45. The second-order valence-electron chi connectivity index (χ2n) is 13.0. The fourth-order valence-corrected chi connectivity index (χ4v) is 11.8. The lowest BCUT2D eigenvalue weighted by molar-refractivity contribution is 0.692. The van der Waals surface area contributed by atoms with Crippen LogP contribution in [0, 0.1) is 6.92 Å². The molecule has 0 saturated heterocycles. The summed E-state index contributed by atoms with van der Waals surface area (Å²) in [6.07, 6.45) is 2.36. The summed E-state index contributed by atoms with van der Waals surface area (Å²) in [5, 5.41) is 1.37. The van der Waals surface area contributed by atoms with Crippen LogP contribution in [0.2, 0.25) is 0 Å². The quantitative estimate of drug-likeness (QED) is 0.423. The minimum Gasteiger partial charge on any atom is -0.348 e. The third-order valence-corrected chi connectivity index (χ3v) is 13.7. The number of hydrogen-bond acceptors (Lipinski definition) is 2. The maximum Gasteiger partial charge on any atom is 0.0911 e. The van der Waals surface area contributed by atoms with Gasteiger partial charge in [0.05, 0.1) is 18.0 Å². The molecule has 0 bridgehead atoms. The summed E-state index contributed by atoms with van der Waals surface area (Å²) in [6, 6.07) is 7.09. The summed E-state index contributed by atoms with van der Waals surface area (Å²) in [6.45, 7) is 32.5. The Hall–Kier alpha value is -0.320. The van der Waals surface area contributed by atoms with E-state index < -0.39 is 0 Å². The van der Waals surface area contributed by atoms with E-state index in [9.17, 15) is 0 Å². The van der Waals surface area contributed by atoms with Crippen LogP contribution in [0.25, 0.3) is 0 Å². The Morgan fingerprint density at radius 2 is 1.00 bits per heavy atom. The Morgan fingerprint density at radius 3 is 1.37 bits per heavy atom. The Morgan fingerprint density at radius 1 is 0.633 bits per heavy atom. The molecule has 0 spiro atoms. The smallest absolute Gasteiger partial charge is 0.0911 e. The van der Waals surface area contributed by atoms with Gasteiger partial charge in [-0.3, -0.25) is 0 Å². The molecule has 172 valence electrons. The molecule has 0 radical (unpaired) electrons. The van der Waals surface area contributed by atoms with Crippen molar-refractivity contribution in [1.82, 2.24) is 0 Å². The highest BCUT2D eigenvalue weighted by molar-refractivity contribution is 7.61. The van der Waals surface area contributed by atoms with E-state index in [2.05, 4.69) is 118 Å². The Bertz CT molecular complexity index is 701. The van der Waals surface area contributed by atoms with Crippen LogP contribution in [0.1, 0.15) is 88.6 Å². The Balaban J connectivity index is 2.40. The molecule has 1 aliphatic heterocycles. The molecule has 0 aliphatic carbocycles. The van der Waals surface area contributed by atoms with Gasteiger partial charge in [0.15, 0.2) is 0 Å². The highest BCUT2D eigenvalue weighted by atomic mass is 31.1. The van der Waals surface area contributed by atoms with Crippen LogP contribution in [-0.4, -0.2) is 39.9 Å². The molecule has 0 unspecified atom stereocenters. The predicted octanol–water partition coefficient (Wildman–Crippen LogP) is 8.65. The number of fused-ring (bicyclic) bond motifs is 1. The first-order valence-corrected chi connectivity index (χ1v) is 14.5. The Labute approximate surface area is 190 Å². The third kappa shape index (κ3) is 6.13. The highest BCUT2D eigenvalue weighted by Gasteiger charge is 2.40. The number of nitrogens with zero attached hydrogens (tertiary/aromatic N) is 2. The van der Waals surface area contributed by atoms with Gasteiger partial charge in [0.25, 0.3) is 0 Å². The van der Waals surface area contributed by atoms with Gasteiger partial charge in [-0.2, -0.15) is 0 Å². The zero-order valence-corrected chi connectivity index (χ0v) is 23.9. The lowest BCUT2D eigenvalue weighted by atomic mass is 10.2. The van der Waals surface area contributed by atoms with Crippen molar-refractivity contribution in [3.63, 3.8) is 0 Å². The second kappa shape index (κ2) is 8.56. The van der Waals surface area contributed by atoms with E-state index in [4.69, 9.17) is 0 Å². The van der Waals surface area contributed by atoms with Gasteiger partial charge < -0.3 is 9.80 Å². The molecule has 0 fully saturated rings. The van der Waals surface area contributed by atoms with Crippen molar-refractivity contribution in [2.75, 3.05) is 29.0 Å². The van der Waals surface area contributed by atoms with Crippen molar-refractivity contribution < 1.29 is 0 Å². The molecule has 0 N–H and O–H groups in total. The highest BCUT2D eigenvalue weighted by Crippen LogP contribution is 2.62. The second-order valence-corrected chi connectivity index (χ2v) is 20.7. The molecule has 1 aromatic rings. The van der Waals surface area contributed by atoms with E-state index in [0.717, 1.165) is 6.67 Å². The van der Waals surface area contributed by atoms with Crippen LogP contribution in [-0.2, 0) is 0 Å². The molecule has 2 nitrogen and oxygen atoms in total. The average Bonchev–Trinajstić information content (AvgIpc) is 2.82. The number of rotatable bonds is 4. The van der Waals surface area contributed by atoms with Crippen LogP contribution in [0.15, 0.2) is 18.2 Å². The summed E-state index contributed by atoms with van der Waals surface area (Å²) in [4.78, 5) is 5.39. The maximum atomic E-state index is 2.70. The van der Waals surface area contributed by atoms with Gasteiger partial charge in [-0.25, -0.2) is 0 Å². The fraction of sp³-hybridized carbons (Fsp3) is 0.769. The molecular formula is C26H48N2P2. The normalized spacial score (nSPS) is 16.1. The van der Waals surface area contributed by atoms with Crippen LogP contribution in [0.4, 0.5) is 11.4 Å². The van der Waals surface area contributed by atoms with Crippen LogP contribution < -0.4 is 9.80 Å².